The molecule has 0 saturated carbocycles. The van der Waals surface area contributed by atoms with Gasteiger partial charge in [0.2, 0.25) is 0 Å². The van der Waals surface area contributed by atoms with Gasteiger partial charge in [0.15, 0.2) is 0 Å². The lowest BCUT2D eigenvalue weighted by atomic mass is 10.0. The molecule has 0 atom stereocenters. The second-order valence-corrected chi connectivity index (χ2v) is 4.73. The molecule has 0 aliphatic carbocycles. The first-order valence-electron chi connectivity index (χ1n) is 5.07. The van der Waals surface area contributed by atoms with Gasteiger partial charge in [0.1, 0.15) is 0 Å². The summed E-state index contributed by atoms with van der Waals surface area (Å²) in [5, 5.41) is 4.44. The second-order valence-electron chi connectivity index (χ2n) is 3.58. The molecule has 1 aromatic heterocycles. The van der Waals surface area contributed by atoms with Crippen LogP contribution < -0.4 is 5.32 Å². The number of nitrogens with one attached hydrogen (secondary N) is 1. The van der Waals surface area contributed by atoms with Gasteiger partial charge >= 0.3 is 0 Å². The Hall–Kier alpha value is -0.450. The maximum atomic E-state index is 5.34. The molecule has 1 aliphatic rings. The van der Waals surface area contributed by atoms with Crippen molar-refractivity contribution in [3.63, 3.8) is 0 Å². The van der Waals surface area contributed by atoms with Crippen molar-refractivity contribution in [2.24, 2.45) is 0 Å². The first-order chi connectivity index (χ1) is 6.90. The molecule has 0 unspecified atom stereocenters. The molecule has 3 nitrogen and oxygen atoms in total. The zero-order chi connectivity index (χ0) is 9.80. The minimum Gasteiger partial charge on any atom is -0.381 e. The third kappa shape index (κ3) is 2.32. The van der Waals surface area contributed by atoms with Crippen LogP contribution in [0.5, 0.6) is 0 Å². The highest BCUT2D eigenvalue weighted by Gasteiger charge is 2.18. The molecular weight excluding hydrogens is 196 g/mol. The van der Waals surface area contributed by atoms with Crippen LogP contribution in [0.4, 0.5) is 0 Å². The van der Waals surface area contributed by atoms with Gasteiger partial charge in [0, 0.05) is 36.8 Å². The van der Waals surface area contributed by atoms with E-state index in [-0.39, 0.29) is 0 Å². The van der Waals surface area contributed by atoms with Crippen molar-refractivity contribution in [2.75, 3.05) is 20.3 Å². The molecule has 1 fully saturated rings. The average Bonchev–Trinajstić information content (AvgIpc) is 2.68. The average molecular weight is 212 g/mol. The van der Waals surface area contributed by atoms with Crippen LogP contribution in [0.3, 0.4) is 0 Å². The van der Waals surface area contributed by atoms with E-state index in [4.69, 9.17) is 4.74 Å². The van der Waals surface area contributed by atoms with Crippen molar-refractivity contribution < 1.29 is 4.74 Å². The number of hydrogen-bond acceptors (Lipinski definition) is 4. The number of hydrogen-bond donors (Lipinski definition) is 1. The molecule has 2 heterocycles. The van der Waals surface area contributed by atoms with E-state index in [1.807, 2.05) is 24.6 Å². The maximum absolute atomic E-state index is 5.34. The van der Waals surface area contributed by atoms with Crippen LogP contribution in [0, 0.1) is 0 Å². The van der Waals surface area contributed by atoms with Crippen LogP contribution in [0.15, 0.2) is 6.20 Å². The molecule has 0 spiro atoms. The lowest BCUT2D eigenvalue weighted by molar-refractivity contribution is 0.0853. The summed E-state index contributed by atoms with van der Waals surface area (Å²) in [6.07, 6.45) is 4.25. The van der Waals surface area contributed by atoms with Gasteiger partial charge in [-0.15, -0.1) is 11.3 Å². The Kier molecular flexibility index (Phi) is 3.50. The summed E-state index contributed by atoms with van der Waals surface area (Å²) in [5.74, 6) is 0.638. The third-order valence-corrected chi connectivity index (χ3v) is 3.65. The lowest BCUT2D eigenvalue weighted by Gasteiger charge is -2.19. The zero-order valence-electron chi connectivity index (χ0n) is 8.45. The molecule has 0 aromatic carbocycles. The zero-order valence-corrected chi connectivity index (χ0v) is 9.27. The molecule has 1 saturated heterocycles. The van der Waals surface area contributed by atoms with Crippen molar-refractivity contribution in [3.05, 3.63) is 16.1 Å². The van der Waals surface area contributed by atoms with Gasteiger partial charge in [-0.3, -0.25) is 0 Å². The van der Waals surface area contributed by atoms with Crippen LogP contribution in [-0.4, -0.2) is 25.2 Å². The smallest absolute Gasteiger partial charge is 0.0960 e. The van der Waals surface area contributed by atoms with Crippen LogP contribution in [0.1, 0.15) is 28.6 Å². The third-order valence-electron chi connectivity index (χ3n) is 2.49. The predicted octanol–water partition coefficient (Wildman–Crippen LogP) is 1.76. The molecule has 0 bridgehead atoms. The predicted molar refractivity (Wildman–Crippen MR) is 57.7 cm³/mol. The van der Waals surface area contributed by atoms with Gasteiger partial charge < -0.3 is 10.1 Å². The number of rotatable bonds is 3. The SMILES string of the molecule is CNCc1cnc(C2CCOCC2)s1. The molecule has 0 amide bonds. The molecule has 1 aliphatic heterocycles. The van der Waals surface area contributed by atoms with Gasteiger partial charge in [-0.1, -0.05) is 0 Å². The topological polar surface area (TPSA) is 34.2 Å². The Morgan fingerprint density at radius 1 is 1.57 bits per heavy atom. The van der Waals surface area contributed by atoms with Gasteiger partial charge in [-0.05, 0) is 19.9 Å². The van der Waals surface area contributed by atoms with Gasteiger partial charge in [-0.2, -0.15) is 0 Å². The Labute approximate surface area is 88.5 Å². The van der Waals surface area contributed by atoms with Crippen LogP contribution in [-0.2, 0) is 11.3 Å². The maximum Gasteiger partial charge on any atom is 0.0960 e. The van der Waals surface area contributed by atoms with Gasteiger partial charge in [-0.25, -0.2) is 4.98 Å². The summed E-state index contributed by atoms with van der Waals surface area (Å²) in [6, 6.07) is 0. The molecule has 0 radical (unpaired) electrons. The van der Waals surface area contributed by atoms with E-state index in [0.717, 1.165) is 32.6 Å². The van der Waals surface area contributed by atoms with E-state index in [9.17, 15) is 0 Å². The summed E-state index contributed by atoms with van der Waals surface area (Å²) in [5.41, 5.74) is 0. The van der Waals surface area contributed by atoms with E-state index in [1.54, 1.807) is 0 Å². The Morgan fingerprint density at radius 3 is 3.07 bits per heavy atom. The van der Waals surface area contributed by atoms with Gasteiger partial charge in [0.05, 0.1) is 5.01 Å². The number of ether oxygens (including phenoxy) is 1. The number of thiazole rings is 1. The fourth-order valence-corrected chi connectivity index (χ4v) is 2.81. The lowest BCUT2D eigenvalue weighted by Crippen LogP contribution is -2.13. The van der Waals surface area contributed by atoms with E-state index in [0.29, 0.717) is 5.92 Å². The van der Waals surface area contributed by atoms with Crippen LogP contribution in [0.25, 0.3) is 0 Å². The van der Waals surface area contributed by atoms with Crippen molar-refractivity contribution in [3.8, 4) is 0 Å². The first kappa shape index (κ1) is 10.1. The number of nitrogens with zero attached hydrogens (tertiary/aromatic N) is 1. The summed E-state index contributed by atoms with van der Waals surface area (Å²) in [6.45, 7) is 2.72. The van der Waals surface area contributed by atoms with Crippen molar-refractivity contribution in [1.29, 1.82) is 0 Å². The molecule has 2 rings (SSSR count). The standard InChI is InChI=1S/C10H16N2OS/c1-11-6-9-7-12-10(14-9)8-2-4-13-5-3-8/h7-8,11H,2-6H2,1H3. The fraction of sp³-hybridized carbons (Fsp3) is 0.700. The van der Waals surface area contributed by atoms with E-state index in [2.05, 4.69) is 10.3 Å². The fourth-order valence-electron chi connectivity index (χ4n) is 1.71. The highest BCUT2D eigenvalue weighted by Crippen LogP contribution is 2.29. The molecule has 1 N–H and O–H groups in total. The molecule has 14 heavy (non-hydrogen) atoms. The Bertz CT molecular complexity index is 281. The minimum absolute atomic E-state index is 0.638. The van der Waals surface area contributed by atoms with Crippen molar-refractivity contribution in [1.82, 2.24) is 10.3 Å². The highest BCUT2D eigenvalue weighted by atomic mass is 32.1. The second kappa shape index (κ2) is 4.87. The quantitative estimate of drug-likeness (QED) is 0.829. The van der Waals surface area contributed by atoms with E-state index >= 15 is 0 Å². The first-order valence-corrected chi connectivity index (χ1v) is 5.88. The summed E-state index contributed by atoms with van der Waals surface area (Å²) in [4.78, 5) is 5.81. The van der Waals surface area contributed by atoms with Gasteiger partial charge in [0.25, 0.3) is 0 Å². The Morgan fingerprint density at radius 2 is 2.36 bits per heavy atom. The largest absolute Gasteiger partial charge is 0.381 e. The monoisotopic (exact) mass is 212 g/mol. The summed E-state index contributed by atoms with van der Waals surface area (Å²) >= 11 is 1.83. The van der Waals surface area contributed by atoms with Crippen LogP contribution in [0.2, 0.25) is 0 Å². The number of aromatic nitrogens is 1. The van der Waals surface area contributed by atoms with E-state index < -0.39 is 0 Å². The molecule has 78 valence electrons. The highest BCUT2D eigenvalue weighted by molar-refractivity contribution is 7.11. The van der Waals surface area contributed by atoms with Crippen molar-refractivity contribution >= 4 is 11.3 Å². The molecular formula is C10H16N2OS. The summed E-state index contributed by atoms with van der Waals surface area (Å²) in [7, 11) is 1.97. The van der Waals surface area contributed by atoms with Crippen molar-refractivity contribution in [2.45, 2.75) is 25.3 Å². The molecule has 4 heteroatoms. The summed E-state index contributed by atoms with van der Waals surface area (Å²) < 4.78 is 5.34. The molecule has 1 aromatic rings. The van der Waals surface area contributed by atoms with Crippen LogP contribution >= 0.6 is 11.3 Å². The Balaban J connectivity index is 2.00. The minimum atomic E-state index is 0.638. The van der Waals surface area contributed by atoms with E-state index in [1.165, 1.54) is 9.88 Å². The normalized spacial score (nSPS) is 18.6.